The number of hydrogen-bond donors (Lipinski definition) is 1. The van der Waals surface area contributed by atoms with Crippen molar-refractivity contribution in [2.24, 2.45) is 5.92 Å². The summed E-state index contributed by atoms with van der Waals surface area (Å²) < 4.78 is 0. The predicted molar refractivity (Wildman–Crippen MR) is 84.0 cm³/mol. The molecule has 0 aliphatic carbocycles. The zero-order valence-corrected chi connectivity index (χ0v) is 13.0. The van der Waals surface area contributed by atoms with Crippen molar-refractivity contribution in [3.05, 3.63) is 28.8 Å². The minimum atomic E-state index is 0.627. The van der Waals surface area contributed by atoms with E-state index in [1.54, 1.807) is 0 Å². The van der Waals surface area contributed by atoms with Gasteiger partial charge in [-0.3, -0.25) is 0 Å². The molecule has 0 saturated carbocycles. The monoisotopic (exact) mass is 280 g/mol. The van der Waals surface area contributed by atoms with E-state index in [0.717, 1.165) is 24.7 Å². The van der Waals surface area contributed by atoms with Crippen LogP contribution in [-0.4, -0.2) is 19.1 Å². The van der Waals surface area contributed by atoms with Gasteiger partial charge in [-0.25, -0.2) is 0 Å². The van der Waals surface area contributed by atoms with Crippen LogP contribution in [0.3, 0.4) is 0 Å². The van der Waals surface area contributed by atoms with Crippen LogP contribution >= 0.6 is 11.6 Å². The second-order valence-corrected chi connectivity index (χ2v) is 6.42. The molecule has 19 heavy (non-hydrogen) atoms. The Bertz CT molecular complexity index is 417. The largest absolute Gasteiger partial charge is 0.369 e. The number of halogens is 1. The highest BCUT2D eigenvalue weighted by atomic mass is 35.5. The van der Waals surface area contributed by atoms with Crippen molar-refractivity contribution in [1.29, 1.82) is 0 Å². The number of hydrogen-bond acceptors (Lipinski definition) is 2. The van der Waals surface area contributed by atoms with E-state index in [-0.39, 0.29) is 0 Å². The van der Waals surface area contributed by atoms with Crippen LogP contribution in [0.1, 0.15) is 39.2 Å². The van der Waals surface area contributed by atoms with Crippen molar-refractivity contribution in [3.63, 3.8) is 0 Å². The van der Waals surface area contributed by atoms with Gasteiger partial charge in [-0.2, -0.15) is 0 Å². The van der Waals surface area contributed by atoms with Crippen LogP contribution in [0.15, 0.2) is 18.2 Å². The molecule has 1 aromatic carbocycles. The Morgan fingerprint density at radius 2 is 2.21 bits per heavy atom. The summed E-state index contributed by atoms with van der Waals surface area (Å²) in [6.45, 7) is 9.90. The molecule has 1 N–H and O–H groups in total. The van der Waals surface area contributed by atoms with Crippen molar-refractivity contribution >= 4 is 17.3 Å². The molecule has 0 spiro atoms. The number of nitrogens with one attached hydrogen (secondary N) is 1. The lowest BCUT2D eigenvalue weighted by molar-refractivity contribution is 0.551. The van der Waals surface area contributed by atoms with Gasteiger partial charge in [0.25, 0.3) is 0 Å². The molecule has 3 heteroatoms. The lowest BCUT2D eigenvalue weighted by Gasteiger charge is -2.27. The Hall–Kier alpha value is -0.730. The van der Waals surface area contributed by atoms with Gasteiger partial charge in [0, 0.05) is 29.8 Å². The molecule has 0 bridgehead atoms. The highest BCUT2D eigenvalue weighted by Crippen LogP contribution is 2.31. The third kappa shape index (κ3) is 3.87. The molecular weight excluding hydrogens is 256 g/mol. The van der Waals surface area contributed by atoms with Crippen LogP contribution in [0.25, 0.3) is 0 Å². The van der Waals surface area contributed by atoms with Crippen molar-refractivity contribution < 1.29 is 0 Å². The Morgan fingerprint density at radius 3 is 2.84 bits per heavy atom. The van der Waals surface area contributed by atoms with Crippen LogP contribution in [0.5, 0.6) is 0 Å². The lowest BCUT2D eigenvalue weighted by atomic mass is 10.1. The molecule has 1 aliphatic rings. The molecule has 1 unspecified atom stereocenters. The summed E-state index contributed by atoms with van der Waals surface area (Å²) in [6.07, 6.45) is 2.57. The van der Waals surface area contributed by atoms with Crippen LogP contribution in [0, 0.1) is 5.92 Å². The van der Waals surface area contributed by atoms with Crippen LogP contribution in [0.2, 0.25) is 5.02 Å². The third-order valence-corrected chi connectivity index (χ3v) is 4.01. The molecular formula is C16H25ClN2. The fourth-order valence-electron chi connectivity index (χ4n) is 2.74. The van der Waals surface area contributed by atoms with Gasteiger partial charge in [0.05, 0.1) is 0 Å². The molecule has 1 heterocycles. The van der Waals surface area contributed by atoms with E-state index in [1.807, 2.05) is 6.07 Å². The molecule has 1 aliphatic heterocycles. The quantitative estimate of drug-likeness (QED) is 0.874. The first-order valence-electron chi connectivity index (χ1n) is 7.33. The maximum Gasteiger partial charge on any atom is 0.0429 e. The molecule has 2 rings (SSSR count). The summed E-state index contributed by atoms with van der Waals surface area (Å²) in [7, 11) is 0. The maximum atomic E-state index is 6.18. The SMILES string of the molecule is CC(C)CNCc1ccc(Cl)cc1N1CCCC1C. The van der Waals surface area contributed by atoms with Gasteiger partial charge in [-0.15, -0.1) is 0 Å². The molecule has 106 valence electrons. The Morgan fingerprint density at radius 1 is 1.42 bits per heavy atom. The van der Waals surface area contributed by atoms with Gasteiger partial charge >= 0.3 is 0 Å². The van der Waals surface area contributed by atoms with Crippen molar-refractivity contribution in [1.82, 2.24) is 5.32 Å². The Kier molecular flexibility index (Phi) is 5.12. The van der Waals surface area contributed by atoms with Crippen molar-refractivity contribution in [2.45, 2.75) is 46.2 Å². The summed E-state index contributed by atoms with van der Waals surface area (Å²) in [5.41, 5.74) is 2.67. The van der Waals surface area contributed by atoms with Gasteiger partial charge in [0.15, 0.2) is 0 Å². The van der Waals surface area contributed by atoms with Crippen LogP contribution < -0.4 is 10.2 Å². The molecule has 1 fully saturated rings. The Labute approximate surface area is 122 Å². The highest BCUT2D eigenvalue weighted by molar-refractivity contribution is 6.30. The first-order valence-corrected chi connectivity index (χ1v) is 7.71. The fraction of sp³-hybridized carbons (Fsp3) is 0.625. The molecule has 1 aromatic rings. The third-order valence-electron chi connectivity index (χ3n) is 3.78. The fourth-order valence-corrected chi connectivity index (χ4v) is 2.91. The van der Waals surface area contributed by atoms with Crippen LogP contribution in [-0.2, 0) is 6.54 Å². The van der Waals surface area contributed by atoms with E-state index in [9.17, 15) is 0 Å². The average molecular weight is 281 g/mol. The topological polar surface area (TPSA) is 15.3 Å². The molecule has 0 aromatic heterocycles. The second kappa shape index (κ2) is 6.62. The van der Waals surface area contributed by atoms with E-state index in [1.165, 1.54) is 24.1 Å². The molecule has 0 amide bonds. The molecule has 1 saturated heterocycles. The highest BCUT2D eigenvalue weighted by Gasteiger charge is 2.22. The summed E-state index contributed by atoms with van der Waals surface area (Å²) in [6, 6.07) is 6.91. The smallest absolute Gasteiger partial charge is 0.0429 e. The number of nitrogens with zero attached hydrogens (tertiary/aromatic N) is 1. The summed E-state index contributed by atoms with van der Waals surface area (Å²) in [5, 5.41) is 4.36. The Balaban J connectivity index is 2.13. The zero-order chi connectivity index (χ0) is 13.8. The lowest BCUT2D eigenvalue weighted by Crippen LogP contribution is -2.28. The maximum absolute atomic E-state index is 6.18. The molecule has 0 radical (unpaired) electrons. The van der Waals surface area contributed by atoms with Crippen molar-refractivity contribution in [2.75, 3.05) is 18.0 Å². The van der Waals surface area contributed by atoms with E-state index in [0.29, 0.717) is 12.0 Å². The van der Waals surface area contributed by atoms with Gasteiger partial charge in [-0.1, -0.05) is 31.5 Å². The average Bonchev–Trinajstić information content (AvgIpc) is 2.77. The van der Waals surface area contributed by atoms with Crippen LogP contribution in [0.4, 0.5) is 5.69 Å². The van der Waals surface area contributed by atoms with Crippen molar-refractivity contribution in [3.8, 4) is 0 Å². The van der Waals surface area contributed by atoms with E-state index >= 15 is 0 Å². The normalized spacial score (nSPS) is 19.4. The predicted octanol–water partition coefficient (Wildman–Crippen LogP) is 4.07. The first kappa shape index (κ1) is 14.7. The second-order valence-electron chi connectivity index (χ2n) is 5.98. The van der Waals surface area contributed by atoms with Gasteiger partial charge in [0.1, 0.15) is 0 Å². The van der Waals surface area contributed by atoms with Gasteiger partial charge in [-0.05, 0) is 49.9 Å². The standard InChI is InChI=1S/C16H25ClN2/c1-12(2)10-18-11-14-6-7-15(17)9-16(14)19-8-4-5-13(19)3/h6-7,9,12-13,18H,4-5,8,10-11H2,1-3H3. The minimum Gasteiger partial charge on any atom is -0.369 e. The minimum absolute atomic E-state index is 0.627. The summed E-state index contributed by atoms with van der Waals surface area (Å²) in [5.74, 6) is 0.682. The van der Waals surface area contributed by atoms with E-state index in [4.69, 9.17) is 11.6 Å². The van der Waals surface area contributed by atoms with E-state index in [2.05, 4.69) is 43.1 Å². The number of anilines is 1. The van der Waals surface area contributed by atoms with Gasteiger partial charge < -0.3 is 10.2 Å². The first-order chi connectivity index (χ1) is 9.08. The van der Waals surface area contributed by atoms with Gasteiger partial charge in [0.2, 0.25) is 0 Å². The molecule has 2 nitrogen and oxygen atoms in total. The molecule has 1 atom stereocenters. The number of benzene rings is 1. The van der Waals surface area contributed by atoms with E-state index < -0.39 is 0 Å². The summed E-state index contributed by atoms with van der Waals surface area (Å²) >= 11 is 6.18. The summed E-state index contributed by atoms with van der Waals surface area (Å²) in [4.78, 5) is 2.50. The number of rotatable bonds is 5. The zero-order valence-electron chi connectivity index (χ0n) is 12.2.